The Morgan fingerprint density at radius 3 is 2.61 bits per heavy atom. The van der Waals surface area contributed by atoms with Crippen molar-refractivity contribution in [2.75, 3.05) is 18.4 Å². The van der Waals surface area contributed by atoms with E-state index in [0.717, 1.165) is 6.42 Å². The van der Waals surface area contributed by atoms with E-state index in [9.17, 15) is 13.2 Å². The van der Waals surface area contributed by atoms with Crippen molar-refractivity contribution in [1.82, 2.24) is 14.5 Å². The smallest absolute Gasteiger partial charge is 0.286 e. The van der Waals surface area contributed by atoms with Crippen molar-refractivity contribution >= 4 is 56.2 Å². The fraction of sp³-hybridized carbons (Fsp3) is 0.250. The van der Waals surface area contributed by atoms with Gasteiger partial charge >= 0.3 is 0 Å². The highest BCUT2D eigenvalue weighted by Gasteiger charge is 2.32. The average molecular weight is 497 g/mol. The molecule has 4 rings (SSSR count). The van der Waals surface area contributed by atoms with E-state index in [1.165, 1.54) is 27.8 Å². The number of carbonyl (C=O) groups excluding carboxylic acids is 1. The Morgan fingerprint density at radius 1 is 1.10 bits per heavy atom. The number of hydrogen-bond acceptors (Lipinski definition) is 6. The number of nitrogens with zero attached hydrogens (tertiary/aromatic N) is 3. The third kappa shape index (κ3) is 5.07. The highest BCUT2D eigenvalue weighted by Crippen LogP contribution is 2.32. The van der Waals surface area contributed by atoms with Crippen molar-refractivity contribution in [3.63, 3.8) is 0 Å². The van der Waals surface area contributed by atoms with Crippen LogP contribution in [-0.4, -0.2) is 41.9 Å². The van der Waals surface area contributed by atoms with E-state index in [1.54, 1.807) is 36.4 Å². The van der Waals surface area contributed by atoms with Gasteiger partial charge in [-0.25, -0.2) is 8.42 Å². The quantitative estimate of drug-likeness (QED) is 0.554. The Hall–Kier alpha value is -2.04. The van der Waals surface area contributed by atoms with E-state index in [-0.39, 0.29) is 28.3 Å². The minimum absolute atomic E-state index is 0.124. The molecule has 7 nitrogen and oxygen atoms in total. The molecule has 162 valence electrons. The molecule has 1 unspecified atom stereocenters. The zero-order valence-electron chi connectivity index (χ0n) is 16.2. The van der Waals surface area contributed by atoms with Crippen LogP contribution in [0.2, 0.25) is 10.0 Å². The Kier molecular flexibility index (Phi) is 6.59. The molecule has 1 amide bonds. The van der Waals surface area contributed by atoms with Gasteiger partial charge in [0, 0.05) is 34.7 Å². The summed E-state index contributed by atoms with van der Waals surface area (Å²) >= 11 is 13.0. The number of piperidine rings is 1. The molecule has 1 fully saturated rings. The number of anilines is 1. The second-order valence-corrected chi connectivity index (χ2v) is 10.9. The third-order valence-electron chi connectivity index (χ3n) is 4.90. The summed E-state index contributed by atoms with van der Waals surface area (Å²) in [6, 6.07) is 13.0. The second kappa shape index (κ2) is 9.22. The molecule has 0 radical (unpaired) electrons. The maximum absolute atomic E-state index is 13.0. The molecule has 0 aliphatic carbocycles. The molecule has 1 aliphatic rings. The van der Waals surface area contributed by atoms with Crippen molar-refractivity contribution in [3.05, 3.63) is 68.6 Å². The SMILES string of the molecule is O=C(Nc1cccc(Cl)c1)c1nnc(C2CCCN(S(=O)(=O)c3ccc(Cl)cc3)C2)s1. The van der Waals surface area contributed by atoms with Gasteiger partial charge in [-0.3, -0.25) is 4.79 Å². The molecule has 31 heavy (non-hydrogen) atoms. The van der Waals surface area contributed by atoms with Crippen molar-refractivity contribution in [2.45, 2.75) is 23.7 Å². The summed E-state index contributed by atoms with van der Waals surface area (Å²) in [7, 11) is -3.63. The van der Waals surface area contributed by atoms with Gasteiger partial charge in [0.05, 0.1) is 4.90 Å². The lowest BCUT2D eigenvalue weighted by Crippen LogP contribution is -2.39. The van der Waals surface area contributed by atoms with E-state index < -0.39 is 10.0 Å². The number of benzene rings is 2. The monoisotopic (exact) mass is 496 g/mol. The third-order valence-corrected chi connectivity index (χ3v) is 8.35. The zero-order chi connectivity index (χ0) is 22.0. The van der Waals surface area contributed by atoms with E-state index >= 15 is 0 Å². The van der Waals surface area contributed by atoms with Crippen molar-refractivity contribution < 1.29 is 13.2 Å². The molecule has 11 heteroatoms. The van der Waals surface area contributed by atoms with E-state index in [2.05, 4.69) is 15.5 Å². The average Bonchev–Trinajstić information content (AvgIpc) is 3.25. The minimum atomic E-state index is -3.63. The zero-order valence-corrected chi connectivity index (χ0v) is 19.3. The van der Waals surface area contributed by atoms with Crippen LogP contribution in [0.25, 0.3) is 0 Å². The Morgan fingerprint density at radius 2 is 1.87 bits per heavy atom. The lowest BCUT2D eigenvalue weighted by Gasteiger charge is -2.30. The van der Waals surface area contributed by atoms with Gasteiger partial charge in [-0.2, -0.15) is 4.31 Å². The highest BCUT2D eigenvalue weighted by molar-refractivity contribution is 7.89. The van der Waals surface area contributed by atoms with E-state index in [0.29, 0.717) is 33.7 Å². The summed E-state index contributed by atoms with van der Waals surface area (Å²) in [6.45, 7) is 0.720. The minimum Gasteiger partial charge on any atom is -0.320 e. The van der Waals surface area contributed by atoms with Gasteiger partial charge in [0.25, 0.3) is 5.91 Å². The van der Waals surface area contributed by atoms with Gasteiger partial charge < -0.3 is 5.32 Å². The summed E-state index contributed by atoms with van der Waals surface area (Å²) in [4.78, 5) is 12.7. The van der Waals surface area contributed by atoms with Crippen LogP contribution >= 0.6 is 34.5 Å². The van der Waals surface area contributed by atoms with E-state index in [1.807, 2.05) is 0 Å². The number of halogens is 2. The molecule has 0 spiro atoms. The Bertz CT molecular complexity index is 1200. The number of rotatable bonds is 5. The molecule has 1 aliphatic heterocycles. The Labute approximate surface area is 194 Å². The van der Waals surface area contributed by atoms with Gasteiger partial charge in [-0.1, -0.05) is 40.6 Å². The molecule has 0 saturated carbocycles. The topological polar surface area (TPSA) is 92.3 Å². The molecular formula is C20H18Cl2N4O3S2. The second-order valence-electron chi connectivity index (χ2n) is 7.07. The first-order chi connectivity index (χ1) is 14.8. The standard InChI is InChI=1S/C20H18Cl2N4O3S2/c21-14-6-8-17(9-7-14)31(28,29)26-10-2-3-13(12-26)19-24-25-20(30-19)18(27)23-16-5-1-4-15(22)11-16/h1,4-9,11,13H,2-3,10,12H2,(H,23,27). The van der Waals surface area contributed by atoms with Crippen LogP contribution in [0.15, 0.2) is 53.4 Å². The largest absolute Gasteiger partial charge is 0.320 e. The number of hydrogen-bond donors (Lipinski definition) is 1. The molecule has 0 bridgehead atoms. The van der Waals surface area contributed by atoms with Crippen molar-refractivity contribution in [2.24, 2.45) is 0 Å². The van der Waals surface area contributed by atoms with Crippen molar-refractivity contribution in [1.29, 1.82) is 0 Å². The maximum Gasteiger partial charge on any atom is 0.286 e. The first kappa shape index (κ1) is 22.2. The Balaban J connectivity index is 1.47. The fourth-order valence-electron chi connectivity index (χ4n) is 3.36. The van der Waals surface area contributed by atoms with Gasteiger partial charge in [0.2, 0.25) is 15.0 Å². The van der Waals surface area contributed by atoms with Crippen LogP contribution in [0.3, 0.4) is 0 Å². The van der Waals surface area contributed by atoms with Crippen LogP contribution < -0.4 is 5.32 Å². The number of carbonyl (C=O) groups is 1. The lowest BCUT2D eigenvalue weighted by atomic mass is 10.0. The van der Waals surface area contributed by atoms with Crippen LogP contribution in [0.1, 0.15) is 33.6 Å². The van der Waals surface area contributed by atoms with Gasteiger partial charge in [-0.15, -0.1) is 10.2 Å². The number of aromatic nitrogens is 2. The fourth-order valence-corrected chi connectivity index (χ4v) is 6.06. The molecule has 2 heterocycles. The first-order valence-electron chi connectivity index (χ1n) is 9.49. The predicted octanol–water partition coefficient (Wildman–Crippen LogP) is 4.67. The van der Waals surface area contributed by atoms with Crippen LogP contribution in [0.5, 0.6) is 0 Å². The molecule has 1 atom stereocenters. The first-order valence-corrected chi connectivity index (χ1v) is 12.5. The summed E-state index contributed by atoms with van der Waals surface area (Å²) in [5.74, 6) is -0.506. The summed E-state index contributed by atoms with van der Waals surface area (Å²) in [5, 5.41) is 12.8. The lowest BCUT2D eigenvalue weighted by molar-refractivity contribution is 0.102. The number of nitrogens with one attached hydrogen (secondary N) is 1. The molecule has 2 aromatic carbocycles. The maximum atomic E-state index is 13.0. The normalized spacial score (nSPS) is 17.4. The highest BCUT2D eigenvalue weighted by atomic mass is 35.5. The van der Waals surface area contributed by atoms with Crippen LogP contribution in [0.4, 0.5) is 5.69 Å². The molecule has 1 aromatic heterocycles. The van der Waals surface area contributed by atoms with E-state index in [4.69, 9.17) is 23.2 Å². The molecule has 1 N–H and O–H groups in total. The van der Waals surface area contributed by atoms with Crippen molar-refractivity contribution in [3.8, 4) is 0 Å². The van der Waals surface area contributed by atoms with Crippen LogP contribution in [-0.2, 0) is 10.0 Å². The van der Waals surface area contributed by atoms with Gasteiger partial charge in [-0.05, 0) is 55.3 Å². The summed E-state index contributed by atoms with van der Waals surface area (Å²) in [5.41, 5.74) is 0.562. The summed E-state index contributed by atoms with van der Waals surface area (Å²) in [6.07, 6.45) is 1.47. The van der Waals surface area contributed by atoms with Crippen LogP contribution in [0, 0.1) is 0 Å². The van der Waals surface area contributed by atoms with Gasteiger partial charge in [0.1, 0.15) is 5.01 Å². The molecule has 3 aromatic rings. The molecular weight excluding hydrogens is 479 g/mol. The van der Waals surface area contributed by atoms with Gasteiger partial charge in [0.15, 0.2) is 0 Å². The number of amides is 1. The number of sulfonamides is 1. The molecule has 1 saturated heterocycles. The predicted molar refractivity (Wildman–Crippen MR) is 122 cm³/mol. The summed E-state index contributed by atoms with van der Waals surface area (Å²) < 4.78 is 27.4.